The number of nitro groups is 1. The second-order valence-electron chi connectivity index (χ2n) is 4.54. The van der Waals surface area contributed by atoms with Crippen molar-refractivity contribution >= 4 is 27.3 Å². The lowest BCUT2D eigenvalue weighted by molar-refractivity contribution is -0.384. The van der Waals surface area contributed by atoms with Gasteiger partial charge < -0.3 is 4.90 Å². The quantitative estimate of drug-likeness (QED) is 0.450. The molecule has 0 unspecified atom stereocenters. The van der Waals surface area contributed by atoms with E-state index in [1.807, 2.05) is 0 Å². The smallest absolute Gasteiger partial charge is 0.360 e. The SMILES string of the molecule is CC(C)N(CC(F)(F)F)c1ccc([N+](=O)[O-])cc1CBr. The Balaban J connectivity index is 3.23. The molecule has 112 valence electrons. The summed E-state index contributed by atoms with van der Waals surface area (Å²) in [6.07, 6.45) is -4.34. The van der Waals surface area contributed by atoms with Crippen LogP contribution in [0.4, 0.5) is 24.5 Å². The highest BCUT2D eigenvalue weighted by Crippen LogP contribution is 2.31. The van der Waals surface area contributed by atoms with E-state index in [0.29, 0.717) is 11.3 Å². The summed E-state index contributed by atoms with van der Waals surface area (Å²) in [7, 11) is 0. The molecule has 20 heavy (non-hydrogen) atoms. The van der Waals surface area contributed by atoms with Crippen molar-refractivity contribution in [2.45, 2.75) is 31.4 Å². The molecule has 0 fully saturated rings. The zero-order valence-corrected chi connectivity index (χ0v) is 12.5. The normalized spacial score (nSPS) is 11.8. The highest BCUT2D eigenvalue weighted by molar-refractivity contribution is 9.08. The third-order valence-electron chi connectivity index (χ3n) is 2.70. The average Bonchev–Trinajstić information content (AvgIpc) is 2.33. The van der Waals surface area contributed by atoms with E-state index in [9.17, 15) is 23.3 Å². The lowest BCUT2D eigenvalue weighted by Gasteiger charge is -2.31. The van der Waals surface area contributed by atoms with Gasteiger partial charge in [0, 0.05) is 29.2 Å². The van der Waals surface area contributed by atoms with Gasteiger partial charge in [0.15, 0.2) is 0 Å². The first-order chi connectivity index (χ1) is 9.15. The number of hydrogen-bond donors (Lipinski definition) is 0. The number of non-ortho nitro benzene ring substituents is 1. The summed E-state index contributed by atoms with van der Waals surface area (Å²) >= 11 is 3.16. The van der Waals surface area contributed by atoms with Gasteiger partial charge in [0.05, 0.1) is 4.92 Å². The summed E-state index contributed by atoms with van der Waals surface area (Å²) in [5.74, 6) is 0. The molecule has 0 aliphatic rings. The van der Waals surface area contributed by atoms with E-state index in [4.69, 9.17) is 0 Å². The Hall–Kier alpha value is -1.31. The predicted molar refractivity (Wildman–Crippen MR) is 74.3 cm³/mol. The molecule has 1 aromatic carbocycles. The molecule has 0 N–H and O–H groups in total. The molecule has 4 nitrogen and oxygen atoms in total. The molecule has 0 atom stereocenters. The number of alkyl halides is 4. The first kappa shape index (κ1) is 16.7. The molecule has 0 aliphatic carbocycles. The summed E-state index contributed by atoms with van der Waals surface area (Å²) < 4.78 is 37.9. The third kappa shape index (κ3) is 4.36. The van der Waals surface area contributed by atoms with Gasteiger partial charge in [-0.15, -0.1) is 0 Å². The maximum absolute atomic E-state index is 12.6. The Bertz CT molecular complexity index is 492. The van der Waals surface area contributed by atoms with Gasteiger partial charge >= 0.3 is 6.18 Å². The average molecular weight is 355 g/mol. The monoisotopic (exact) mass is 354 g/mol. The van der Waals surface area contributed by atoms with Crippen LogP contribution in [0.2, 0.25) is 0 Å². The molecule has 0 heterocycles. The van der Waals surface area contributed by atoms with Crippen molar-refractivity contribution in [3.63, 3.8) is 0 Å². The summed E-state index contributed by atoms with van der Waals surface area (Å²) in [4.78, 5) is 11.3. The summed E-state index contributed by atoms with van der Waals surface area (Å²) in [6.45, 7) is 2.19. The van der Waals surface area contributed by atoms with E-state index < -0.39 is 17.6 Å². The van der Waals surface area contributed by atoms with Gasteiger partial charge in [-0.05, 0) is 25.5 Å². The van der Waals surface area contributed by atoms with Gasteiger partial charge in [0.2, 0.25) is 0 Å². The van der Waals surface area contributed by atoms with Crippen LogP contribution in [-0.4, -0.2) is 23.7 Å². The number of halogens is 4. The van der Waals surface area contributed by atoms with Crippen LogP contribution in [0.5, 0.6) is 0 Å². The van der Waals surface area contributed by atoms with Crippen molar-refractivity contribution < 1.29 is 18.1 Å². The number of hydrogen-bond acceptors (Lipinski definition) is 3. The maximum atomic E-state index is 12.6. The molecular formula is C12H14BrF3N2O2. The fourth-order valence-electron chi connectivity index (χ4n) is 1.81. The molecule has 0 saturated carbocycles. The predicted octanol–water partition coefficient (Wildman–Crippen LogP) is 4.27. The molecule has 8 heteroatoms. The Morgan fingerprint density at radius 2 is 2.00 bits per heavy atom. The van der Waals surface area contributed by atoms with Crippen molar-refractivity contribution in [3.05, 3.63) is 33.9 Å². The molecule has 1 rings (SSSR count). The Morgan fingerprint density at radius 3 is 2.40 bits per heavy atom. The van der Waals surface area contributed by atoms with Crippen LogP contribution in [0.1, 0.15) is 19.4 Å². The van der Waals surface area contributed by atoms with E-state index >= 15 is 0 Å². The van der Waals surface area contributed by atoms with Crippen LogP contribution in [0.25, 0.3) is 0 Å². The fourth-order valence-corrected chi connectivity index (χ4v) is 2.26. The second kappa shape index (κ2) is 6.43. The number of nitrogens with zero attached hydrogens (tertiary/aromatic N) is 2. The summed E-state index contributed by atoms with van der Waals surface area (Å²) in [6, 6.07) is 3.49. The summed E-state index contributed by atoms with van der Waals surface area (Å²) in [5.41, 5.74) is 0.663. The number of benzene rings is 1. The molecule has 0 aliphatic heterocycles. The number of rotatable bonds is 5. The highest BCUT2D eigenvalue weighted by atomic mass is 79.9. The maximum Gasteiger partial charge on any atom is 0.405 e. The van der Waals surface area contributed by atoms with Crippen molar-refractivity contribution in [2.24, 2.45) is 0 Å². The van der Waals surface area contributed by atoms with Gasteiger partial charge in [-0.2, -0.15) is 13.2 Å². The van der Waals surface area contributed by atoms with Crippen LogP contribution in [-0.2, 0) is 5.33 Å². The molecule has 0 saturated heterocycles. The zero-order chi connectivity index (χ0) is 15.5. The van der Waals surface area contributed by atoms with Gasteiger partial charge in [-0.3, -0.25) is 10.1 Å². The zero-order valence-electron chi connectivity index (χ0n) is 10.9. The topological polar surface area (TPSA) is 46.4 Å². The van der Waals surface area contributed by atoms with Crippen LogP contribution in [0, 0.1) is 10.1 Å². The van der Waals surface area contributed by atoms with Crippen LogP contribution < -0.4 is 4.90 Å². The van der Waals surface area contributed by atoms with Gasteiger partial charge in [-0.1, -0.05) is 15.9 Å². The molecule has 1 aromatic rings. The van der Waals surface area contributed by atoms with Crippen LogP contribution >= 0.6 is 15.9 Å². The first-order valence-corrected chi connectivity index (χ1v) is 6.94. The van der Waals surface area contributed by atoms with Gasteiger partial charge in [0.1, 0.15) is 6.54 Å². The number of nitro benzene ring substituents is 1. The van der Waals surface area contributed by atoms with E-state index in [2.05, 4.69) is 15.9 Å². The minimum absolute atomic E-state index is 0.140. The Labute approximate surface area is 122 Å². The molecule has 0 amide bonds. The van der Waals surface area contributed by atoms with E-state index in [1.54, 1.807) is 13.8 Å². The molecule has 0 aromatic heterocycles. The van der Waals surface area contributed by atoms with E-state index in [-0.39, 0.29) is 17.1 Å². The van der Waals surface area contributed by atoms with E-state index in [1.165, 1.54) is 23.1 Å². The summed E-state index contributed by atoms with van der Waals surface area (Å²) in [5, 5.41) is 11.0. The molecule has 0 radical (unpaired) electrons. The van der Waals surface area contributed by atoms with Crippen LogP contribution in [0.15, 0.2) is 18.2 Å². The van der Waals surface area contributed by atoms with Crippen LogP contribution in [0.3, 0.4) is 0 Å². The van der Waals surface area contributed by atoms with Crippen molar-refractivity contribution in [3.8, 4) is 0 Å². The third-order valence-corrected chi connectivity index (χ3v) is 3.30. The first-order valence-electron chi connectivity index (χ1n) is 5.82. The Morgan fingerprint density at radius 1 is 1.40 bits per heavy atom. The minimum atomic E-state index is -4.34. The van der Waals surface area contributed by atoms with Crippen molar-refractivity contribution in [1.29, 1.82) is 0 Å². The minimum Gasteiger partial charge on any atom is -0.360 e. The fraction of sp³-hybridized carbons (Fsp3) is 0.500. The molecule has 0 spiro atoms. The lowest BCUT2D eigenvalue weighted by atomic mass is 10.1. The lowest BCUT2D eigenvalue weighted by Crippen LogP contribution is -2.39. The standard InChI is InChI=1S/C12H14BrF3N2O2/c1-8(2)17(7-12(14,15)16)11-4-3-10(18(19)20)5-9(11)6-13/h3-5,8H,6-7H2,1-2H3. The molecule has 0 bridgehead atoms. The van der Waals surface area contributed by atoms with Gasteiger partial charge in [0.25, 0.3) is 5.69 Å². The second-order valence-corrected chi connectivity index (χ2v) is 5.10. The van der Waals surface area contributed by atoms with Crippen molar-refractivity contribution in [1.82, 2.24) is 0 Å². The number of anilines is 1. The van der Waals surface area contributed by atoms with Gasteiger partial charge in [-0.25, -0.2) is 0 Å². The van der Waals surface area contributed by atoms with E-state index in [0.717, 1.165) is 0 Å². The highest BCUT2D eigenvalue weighted by Gasteiger charge is 2.33. The Kier molecular flexibility index (Phi) is 5.38. The largest absolute Gasteiger partial charge is 0.405 e. The van der Waals surface area contributed by atoms with Crippen molar-refractivity contribution in [2.75, 3.05) is 11.4 Å². The molecular weight excluding hydrogens is 341 g/mol.